The van der Waals surface area contributed by atoms with Gasteiger partial charge in [0.25, 0.3) is 0 Å². The van der Waals surface area contributed by atoms with Crippen molar-refractivity contribution in [3.05, 3.63) is 18.4 Å². The Labute approximate surface area is 78.7 Å². The molecule has 0 saturated carbocycles. The van der Waals surface area contributed by atoms with Gasteiger partial charge in [0.05, 0.1) is 12.7 Å². The van der Waals surface area contributed by atoms with Gasteiger partial charge in [-0.3, -0.25) is 0 Å². The summed E-state index contributed by atoms with van der Waals surface area (Å²) in [6.07, 6.45) is 4.36. The minimum atomic E-state index is 0.758. The van der Waals surface area contributed by atoms with Crippen LogP contribution in [0.2, 0.25) is 0 Å². The van der Waals surface area contributed by atoms with Crippen LogP contribution in [0.15, 0.2) is 17.0 Å². The Morgan fingerprint density at radius 2 is 2.15 bits per heavy atom. The number of nitrogens with one attached hydrogen (secondary N) is 2. The first-order valence-electron chi connectivity index (χ1n) is 4.72. The summed E-state index contributed by atoms with van der Waals surface area (Å²) < 4.78 is 5.07. The number of hydrogen-bond donors (Lipinski definition) is 2. The molecule has 1 aromatic heterocycles. The third-order valence-corrected chi connectivity index (χ3v) is 1.69. The third kappa shape index (κ3) is 4.65. The van der Waals surface area contributed by atoms with Gasteiger partial charge in [-0.15, -0.1) is 0 Å². The van der Waals surface area contributed by atoms with Gasteiger partial charge in [0, 0.05) is 13.1 Å². The molecular weight excluding hydrogens is 166 g/mol. The average molecular weight is 183 g/mol. The van der Waals surface area contributed by atoms with E-state index < -0.39 is 0 Å². The fourth-order valence-electron chi connectivity index (χ4n) is 1.02. The Morgan fingerprint density at radius 1 is 1.31 bits per heavy atom. The van der Waals surface area contributed by atoms with Gasteiger partial charge in [-0.05, 0) is 13.0 Å². The van der Waals surface area contributed by atoms with Crippen LogP contribution in [0.1, 0.15) is 19.1 Å². The normalized spacial score (nSPS) is 10.5. The Morgan fingerprint density at radius 3 is 2.85 bits per heavy atom. The highest BCUT2D eigenvalue weighted by Gasteiger charge is 1.93. The molecule has 0 spiro atoms. The van der Waals surface area contributed by atoms with Gasteiger partial charge >= 0.3 is 0 Å². The first kappa shape index (κ1) is 10.2. The van der Waals surface area contributed by atoms with E-state index in [9.17, 15) is 0 Å². The van der Waals surface area contributed by atoms with Crippen molar-refractivity contribution in [3.8, 4) is 0 Å². The number of aromatic nitrogens is 1. The standard InChI is InChI=1S/C9H17N3O/c1-2-3-10-4-5-11-6-9-7-12-8-13-9/h7-8,10-11H,2-6H2,1H3. The largest absolute Gasteiger partial charge is 0.447 e. The summed E-state index contributed by atoms with van der Waals surface area (Å²) in [5, 5.41) is 6.56. The lowest BCUT2D eigenvalue weighted by Crippen LogP contribution is -2.27. The summed E-state index contributed by atoms with van der Waals surface area (Å²) in [5.41, 5.74) is 0. The zero-order chi connectivity index (χ0) is 9.36. The smallest absolute Gasteiger partial charge is 0.180 e. The second kappa shape index (κ2) is 6.62. The summed E-state index contributed by atoms with van der Waals surface area (Å²) in [6, 6.07) is 0. The van der Waals surface area contributed by atoms with E-state index in [2.05, 4.69) is 22.5 Å². The minimum absolute atomic E-state index is 0.758. The molecule has 0 bridgehead atoms. The molecule has 0 atom stereocenters. The van der Waals surface area contributed by atoms with Crippen LogP contribution in [-0.2, 0) is 6.54 Å². The fraction of sp³-hybridized carbons (Fsp3) is 0.667. The number of nitrogens with zero attached hydrogens (tertiary/aromatic N) is 1. The van der Waals surface area contributed by atoms with Crippen molar-refractivity contribution >= 4 is 0 Å². The molecule has 2 N–H and O–H groups in total. The van der Waals surface area contributed by atoms with Gasteiger partial charge < -0.3 is 15.1 Å². The molecule has 0 fully saturated rings. The summed E-state index contributed by atoms with van der Waals surface area (Å²) in [6.45, 7) is 5.97. The monoisotopic (exact) mass is 183 g/mol. The average Bonchev–Trinajstić information content (AvgIpc) is 2.63. The highest BCUT2D eigenvalue weighted by atomic mass is 16.3. The first-order chi connectivity index (χ1) is 6.43. The minimum Gasteiger partial charge on any atom is -0.447 e. The first-order valence-corrected chi connectivity index (χ1v) is 4.72. The highest BCUT2D eigenvalue weighted by Crippen LogP contribution is 1.93. The summed E-state index contributed by atoms with van der Waals surface area (Å²) >= 11 is 0. The van der Waals surface area contributed by atoms with E-state index in [4.69, 9.17) is 4.42 Å². The maximum atomic E-state index is 5.07. The number of rotatable bonds is 7. The molecule has 0 saturated heterocycles. The molecule has 0 unspecified atom stereocenters. The van der Waals surface area contributed by atoms with Crippen LogP contribution in [-0.4, -0.2) is 24.6 Å². The van der Waals surface area contributed by atoms with Crippen molar-refractivity contribution in [1.82, 2.24) is 15.6 Å². The molecular formula is C9H17N3O. The van der Waals surface area contributed by atoms with Gasteiger partial charge in [-0.1, -0.05) is 6.92 Å². The van der Waals surface area contributed by atoms with E-state index in [1.807, 2.05) is 0 Å². The Balaban J connectivity index is 1.90. The van der Waals surface area contributed by atoms with Crippen LogP contribution in [0.3, 0.4) is 0 Å². The van der Waals surface area contributed by atoms with E-state index in [0.717, 1.165) is 31.9 Å². The molecule has 0 aromatic carbocycles. The fourth-order valence-corrected chi connectivity index (χ4v) is 1.02. The molecule has 1 rings (SSSR count). The van der Waals surface area contributed by atoms with Gasteiger partial charge in [0.1, 0.15) is 5.76 Å². The van der Waals surface area contributed by atoms with E-state index >= 15 is 0 Å². The second-order valence-electron chi connectivity index (χ2n) is 2.89. The van der Waals surface area contributed by atoms with Crippen molar-refractivity contribution in [2.75, 3.05) is 19.6 Å². The molecule has 0 aliphatic heterocycles. The predicted octanol–water partition coefficient (Wildman–Crippen LogP) is 0.764. The maximum Gasteiger partial charge on any atom is 0.180 e. The topological polar surface area (TPSA) is 50.1 Å². The van der Waals surface area contributed by atoms with E-state index in [1.54, 1.807) is 6.20 Å². The molecule has 0 aliphatic rings. The Bertz CT molecular complexity index is 199. The van der Waals surface area contributed by atoms with Crippen molar-refractivity contribution < 1.29 is 4.42 Å². The molecule has 0 amide bonds. The lowest BCUT2D eigenvalue weighted by molar-refractivity contribution is 0.476. The zero-order valence-electron chi connectivity index (χ0n) is 8.05. The van der Waals surface area contributed by atoms with Crippen molar-refractivity contribution in [1.29, 1.82) is 0 Å². The van der Waals surface area contributed by atoms with Crippen LogP contribution in [0.5, 0.6) is 0 Å². The van der Waals surface area contributed by atoms with E-state index in [-0.39, 0.29) is 0 Å². The Kier molecular flexibility index (Phi) is 5.20. The lowest BCUT2D eigenvalue weighted by Gasteiger charge is -2.03. The van der Waals surface area contributed by atoms with Crippen LogP contribution in [0, 0.1) is 0 Å². The van der Waals surface area contributed by atoms with E-state index in [1.165, 1.54) is 12.8 Å². The molecule has 0 radical (unpaired) electrons. The Hall–Kier alpha value is -0.870. The SMILES string of the molecule is CCCNCCNCc1cnco1. The molecule has 0 aliphatic carbocycles. The molecule has 4 nitrogen and oxygen atoms in total. The molecule has 13 heavy (non-hydrogen) atoms. The quantitative estimate of drug-likeness (QED) is 0.613. The second-order valence-corrected chi connectivity index (χ2v) is 2.89. The summed E-state index contributed by atoms with van der Waals surface area (Å²) in [7, 11) is 0. The van der Waals surface area contributed by atoms with Crippen LogP contribution < -0.4 is 10.6 Å². The molecule has 1 heterocycles. The van der Waals surface area contributed by atoms with Crippen LogP contribution >= 0.6 is 0 Å². The number of hydrogen-bond acceptors (Lipinski definition) is 4. The molecule has 4 heteroatoms. The molecule has 1 aromatic rings. The maximum absolute atomic E-state index is 5.07. The van der Waals surface area contributed by atoms with Crippen molar-refractivity contribution in [2.45, 2.75) is 19.9 Å². The highest BCUT2D eigenvalue weighted by molar-refractivity contribution is 4.86. The molecule has 74 valence electrons. The van der Waals surface area contributed by atoms with Crippen molar-refractivity contribution in [2.24, 2.45) is 0 Å². The summed E-state index contributed by atoms with van der Waals surface area (Å²) in [5.74, 6) is 0.885. The van der Waals surface area contributed by atoms with Gasteiger partial charge in [-0.25, -0.2) is 4.98 Å². The van der Waals surface area contributed by atoms with Crippen LogP contribution in [0.4, 0.5) is 0 Å². The van der Waals surface area contributed by atoms with E-state index in [0.29, 0.717) is 0 Å². The van der Waals surface area contributed by atoms with Crippen molar-refractivity contribution in [3.63, 3.8) is 0 Å². The zero-order valence-corrected chi connectivity index (χ0v) is 8.05. The predicted molar refractivity (Wildman–Crippen MR) is 51.4 cm³/mol. The van der Waals surface area contributed by atoms with Gasteiger partial charge in [0.15, 0.2) is 6.39 Å². The number of oxazole rings is 1. The van der Waals surface area contributed by atoms with Gasteiger partial charge in [0.2, 0.25) is 0 Å². The van der Waals surface area contributed by atoms with Crippen LogP contribution in [0.25, 0.3) is 0 Å². The summed E-state index contributed by atoms with van der Waals surface area (Å²) in [4.78, 5) is 3.83. The third-order valence-electron chi connectivity index (χ3n) is 1.69. The lowest BCUT2D eigenvalue weighted by atomic mass is 10.4. The van der Waals surface area contributed by atoms with Gasteiger partial charge in [-0.2, -0.15) is 0 Å².